The molecule has 3 aromatic rings. The summed E-state index contributed by atoms with van der Waals surface area (Å²) in [6.07, 6.45) is 4.08. The van der Waals surface area contributed by atoms with Gasteiger partial charge in [-0.1, -0.05) is 23.4 Å². The van der Waals surface area contributed by atoms with Gasteiger partial charge in [-0.15, -0.1) is 0 Å². The minimum atomic E-state index is -0.304. The second kappa shape index (κ2) is 5.88. The van der Waals surface area contributed by atoms with Gasteiger partial charge in [0.05, 0.1) is 24.8 Å². The van der Waals surface area contributed by atoms with Crippen LogP contribution in [0.25, 0.3) is 11.4 Å². The molecule has 6 heteroatoms. The molecule has 1 aromatic carbocycles. The average molecular weight is 337 g/mol. The monoisotopic (exact) mass is 337 g/mol. The Kier molecular flexibility index (Phi) is 3.67. The fourth-order valence-electron chi connectivity index (χ4n) is 3.24. The molecule has 0 spiro atoms. The van der Waals surface area contributed by atoms with Crippen LogP contribution in [0.5, 0.6) is 11.5 Å². The van der Waals surface area contributed by atoms with Gasteiger partial charge in [0.15, 0.2) is 0 Å². The highest BCUT2D eigenvalue weighted by Gasteiger charge is 2.37. The molecule has 6 nitrogen and oxygen atoms in total. The van der Waals surface area contributed by atoms with Crippen LogP contribution in [0.3, 0.4) is 0 Å². The SMILES string of the molecule is COc1cnccc1-c1noc(C2CC(C)(C)Oc3ccccc32)n1. The maximum Gasteiger partial charge on any atom is 0.234 e. The van der Waals surface area contributed by atoms with Crippen LogP contribution in [0, 0.1) is 0 Å². The number of fused-ring (bicyclic) bond motifs is 1. The van der Waals surface area contributed by atoms with E-state index in [1.165, 1.54) is 0 Å². The van der Waals surface area contributed by atoms with Crippen LogP contribution in [-0.4, -0.2) is 27.8 Å². The van der Waals surface area contributed by atoms with Gasteiger partial charge in [-0.3, -0.25) is 4.98 Å². The number of rotatable bonds is 3. The zero-order valence-corrected chi connectivity index (χ0v) is 14.4. The van der Waals surface area contributed by atoms with Gasteiger partial charge >= 0.3 is 0 Å². The number of ether oxygens (including phenoxy) is 2. The van der Waals surface area contributed by atoms with Gasteiger partial charge in [0.25, 0.3) is 0 Å². The Bertz CT molecular complexity index is 904. The minimum absolute atomic E-state index is 0.00553. The maximum absolute atomic E-state index is 6.08. The van der Waals surface area contributed by atoms with E-state index >= 15 is 0 Å². The predicted octanol–water partition coefficient (Wildman–Crippen LogP) is 3.83. The van der Waals surface area contributed by atoms with Crippen molar-refractivity contribution in [3.8, 4) is 22.9 Å². The molecule has 128 valence electrons. The van der Waals surface area contributed by atoms with E-state index in [2.05, 4.69) is 29.0 Å². The summed E-state index contributed by atoms with van der Waals surface area (Å²) in [4.78, 5) is 8.70. The first kappa shape index (κ1) is 15.6. The molecular formula is C19H19N3O3. The van der Waals surface area contributed by atoms with Crippen molar-refractivity contribution in [1.29, 1.82) is 0 Å². The number of aromatic nitrogens is 3. The summed E-state index contributed by atoms with van der Waals surface area (Å²) in [7, 11) is 1.60. The third-order valence-corrected chi connectivity index (χ3v) is 4.36. The summed E-state index contributed by atoms with van der Waals surface area (Å²) in [6, 6.07) is 9.81. The standard InChI is InChI=1S/C19H19N3O3/c1-19(2)10-14(12-6-4-5-7-15(12)24-19)18-21-17(22-25-18)13-8-9-20-11-16(13)23-3/h4-9,11,14H,10H2,1-3H3. The Morgan fingerprint density at radius 1 is 1.20 bits per heavy atom. The molecule has 1 aliphatic rings. The molecule has 0 saturated heterocycles. The molecule has 1 aliphatic heterocycles. The van der Waals surface area contributed by atoms with Crippen LogP contribution < -0.4 is 9.47 Å². The molecule has 1 unspecified atom stereocenters. The summed E-state index contributed by atoms with van der Waals surface area (Å²) in [5.74, 6) is 2.55. The first-order chi connectivity index (χ1) is 12.1. The molecule has 0 saturated carbocycles. The van der Waals surface area contributed by atoms with Gasteiger partial charge < -0.3 is 14.0 Å². The van der Waals surface area contributed by atoms with Gasteiger partial charge in [0.1, 0.15) is 17.1 Å². The molecular weight excluding hydrogens is 318 g/mol. The minimum Gasteiger partial charge on any atom is -0.494 e. The number of para-hydroxylation sites is 1. The van der Waals surface area contributed by atoms with Crippen LogP contribution in [0.15, 0.2) is 47.2 Å². The lowest BCUT2D eigenvalue weighted by molar-refractivity contribution is 0.0725. The Hall–Kier alpha value is -2.89. The number of hydrogen-bond donors (Lipinski definition) is 0. The van der Waals surface area contributed by atoms with E-state index in [1.807, 2.05) is 30.3 Å². The van der Waals surface area contributed by atoms with E-state index < -0.39 is 0 Å². The summed E-state index contributed by atoms with van der Waals surface area (Å²) in [5, 5.41) is 4.16. The van der Waals surface area contributed by atoms with E-state index in [1.54, 1.807) is 19.5 Å². The lowest BCUT2D eigenvalue weighted by Crippen LogP contribution is -2.35. The zero-order valence-electron chi connectivity index (χ0n) is 14.4. The van der Waals surface area contributed by atoms with Crippen molar-refractivity contribution in [2.45, 2.75) is 31.8 Å². The van der Waals surface area contributed by atoms with E-state index in [-0.39, 0.29) is 11.5 Å². The molecule has 0 radical (unpaired) electrons. The number of pyridine rings is 1. The van der Waals surface area contributed by atoms with E-state index in [9.17, 15) is 0 Å². The molecule has 3 heterocycles. The first-order valence-electron chi connectivity index (χ1n) is 8.17. The van der Waals surface area contributed by atoms with Crippen molar-refractivity contribution in [3.05, 3.63) is 54.2 Å². The molecule has 0 aliphatic carbocycles. The fraction of sp³-hybridized carbons (Fsp3) is 0.316. The van der Waals surface area contributed by atoms with Gasteiger partial charge in [-0.05, 0) is 26.0 Å². The van der Waals surface area contributed by atoms with Crippen LogP contribution in [0.1, 0.15) is 37.6 Å². The van der Waals surface area contributed by atoms with E-state index in [0.717, 1.165) is 23.3 Å². The molecule has 25 heavy (non-hydrogen) atoms. The van der Waals surface area contributed by atoms with E-state index in [4.69, 9.17) is 14.0 Å². The molecule has 4 rings (SSSR count). The van der Waals surface area contributed by atoms with Crippen molar-refractivity contribution in [1.82, 2.24) is 15.1 Å². The van der Waals surface area contributed by atoms with Crippen LogP contribution in [-0.2, 0) is 0 Å². The zero-order chi connectivity index (χ0) is 17.4. The summed E-state index contributed by atoms with van der Waals surface area (Å²) in [6.45, 7) is 4.14. The Morgan fingerprint density at radius 3 is 2.88 bits per heavy atom. The van der Waals surface area contributed by atoms with Crippen molar-refractivity contribution in [3.63, 3.8) is 0 Å². The third kappa shape index (κ3) is 2.84. The molecule has 0 amide bonds. The Balaban J connectivity index is 1.75. The quantitative estimate of drug-likeness (QED) is 0.723. The number of hydrogen-bond acceptors (Lipinski definition) is 6. The lowest BCUT2D eigenvalue weighted by atomic mass is 9.84. The largest absolute Gasteiger partial charge is 0.494 e. The Labute approximate surface area is 145 Å². The van der Waals surface area contributed by atoms with Crippen LogP contribution >= 0.6 is 0 Å². The molecule has 2 aromatic heterocycles. The highest BCUT2D eigenvalue weighted by molar-refractivity contribution is 5.62. The molecule has 0 bridgehead atoms. The second-order valence-electron chi connectivity index (χ2n) is 6.69. The third-order valence-electron chi connectivity index (χ3n) is 4.36. The Morgan fingerprint density at radius 2 is 2.04 bits per heavy atom. The predicted molar refractivity (Wildman–Crippen MR) is 91.7 cm³/mol. The lowest BCUT2D eigenvalue weighted by Gasteiger charge is -2.36. The van der Waals surface area contributed by atoms with Gasteiger partial charge in [-0.25, -0.2) is 0 Å². The van der Waals surface area contributed by atoms with Gasteiger partial charge in [0.2, 0.25) is 11.7 Å². The molecule has 0 N–H and O–H groups in total. The highest BCUT2D eigenvalue weighted by atomic mass is 16.5. The molecule has 1 atom stereocenters. The first-order valence-corrected chi connectivity index (χ1v) is 8.17. The summed E-state index contributed by atoms with van der Waals surface area (Å²) < 4.78 is 17.0. The average Bonchev–Trinajstić information content (AvgIpc) is 3.10. The summed E-state index contributed by atoms with van der Waals surface area (Å²) in [5.41, 5.74) is 1.52. The van der Waals surface area contributed by atoms with Crippen LogP contribution in [0.2, 0.25) is 0 Å². The van der Waals surface area contributed by atoms with Crippen molar-refractivity contribution >= 4 is 0 Å². The van der Waals surface area contributed by atoms with Crippen LogP contribution in [0.4, 0.5) is 0 Å². The van der Waals surface area contributed by atoms with Gasteiger partial charge in [-0.2, -0.15) is 4.98 Å². The van der Waals surface area contributed by atoms with Crippen molar-refractivity contribution in [2.75, 3.05) is 7.11 Å². The van der Waals surface area contributed by atoms with E-state index in [0.29, 0.717) is 17.5 Å². The van der Waals surface area contributed by atoms with Crippen molar-refractivity contribution < 1.29 is 14.0 Å². The number of methoxy groups -OCH3 is 1. The second-order valence-corrected chi connectivity index (χ2v) is 6.69. The van der Waals surface area contributed by atoms with Crippen molar-refractivity contribution in [2.24, 2.45) is 0 Å². The highest BCUT2D eigenvalue weighted by Crippen LogP contribution is 2.44. The maximum atomic E-state index is 6.08. The molecule has 0 fully saturated rings. The number of benzene rings is 1. The fourth-order valence-corrected chi connectivity index (χ4v) is 3.24. The summed E-state index contributed by atoms with van der Waals surface area (Å²) >= 11 is 0. The number of nitrogens with zero attached hydrogens (tertiary/aromatic N) is 3. The topological polar surface area (TPSA) is 70.3 Å². The smallest absolute Gasteiger partial charge is 0.234 e. The van der Waals surface area contributed by atoms with Gasteiger partial charge in [0, 0.05) is 18.2 Å². The normalized spacial score (nSPS) is 18.3.